The normalized spacial score (nSPS) is 12.7. The van der Waals surface area contributed by atoms with Crippen LogP contribution in [0.15, 0.2) is 131 Å². The number of nitrogens with one attached hydrogen (secondary N) is 4. The van der Waals surface area contributed by atoms with Gasteiger partial charge in [0.1, 0.15) is 5.66 Å². The fourth-order valence-corrected chi connectivity index (χ4v) is 9.14. The molecule has 0 aliphatic heterocycles. The highest BCUT2D eigenvalue weighted by Crippen LogP contribution is 2.50. The van der Waals surface area contributed by atoms with Gasteiger partial charge in [0, 0.05) is 17.0 Å². The average Bonchev–Trinajstić information content (AvgIpc) is 3.04. The van der Waals surface area contributed by atoms with Gasteiger partial charge in [-0.1, -0.05) is 97.1 Å². The van der Waals surface area contributed by atoms with Crippen LogP contribution in [0.25, 0.3) is 0 Å². The summed E-state index contributed by atoms with van der Waals surface area (Å²) in [4.78, 5) is 30.3. The Bertz CT molecular complexity index is 1770. The Labute approximate surface area is 250 Å². The fourth-order valence-electron chi connectivity index (χ4n) is 4.26. The van der Waals surface area contributed by atoms with Crippen LogP contribution in [0.3, 0.4) is 0 Å². The number of amides is 2. The van der Waals surface area contributed by atoms with Crippen molar-refractivity contribution in [2.75, 3.05) is 0 Å². The van der Waals surface area contributed by atoms with Gasteiger partial charge >= 0.3 is 0 Å². The zero-order chi connectivity index (χ0) is 30.9. The van der Waals surface area contributed by atoms with Crippen LogP contribution in [0, 0.1) is 0 Å². The second-order valence-electron chi connectivity index (χ2n) is 9.26. The van der Waals surface area contributed by atoms with Gasteiger partial charge < -0.3 is 4.57 Å². The predicted molar refractivity (Wildman–Crippen MR) is 163 cm³/mol. The number of sulfonamides is 2. The highest BCUT2D eigenvalue weighted by Gasteiger charge is 2.42. The van der Waals surface area contributed by atoms with Crippen molar-refractivity contribution in [3.8, 4) is 0 Å². The minimum atomic E-state index is -4.17. The monoisotopic (exact) mass is 640 g/mol. The van der Waals surface area contributed by atoms with Crippen molar-refractivity contribution in [3.63, 3.8) is 0 Å². The van der Waals surface area contributed by atoms with E-state index in [4.69, 9.17) is 0 Å². The fraction of sp³-hybridized carbons (Fsp3) is 0.103. The molecule has 4 aromatic rings. The second kappa shape index (κ2) is 13.9. The molecule has 224 valence electrons. The lowest BCUT2D eigenvalue weighted by Gasteiger charge is -2.28. The molecular weight excluding hydrogens is 611 g/mol. The van der Waals surface area contributed by atoms with Gasteiger partial charge in [-0.05, 0) is 30.7 Å². The van der Waals surface area contributed by atoms with Crippen LogP contribution in [-0.2, 0) is 34.2 Å². The molecule has 11 nitrogen and oxygen atoms in total. The highest BCUT2D eigenvalue weighted by atomic mass is 32.2. The molecule has 0 aliphatic carbocycles. The molecule has 0 aliphatic rings. The van der Waals surface area contributed by atoms with Crippen molar-refractivity contribution in [2.45, 2.75) is 28.3 Å². The maximum absolute atomic E-state index is 15.0. The van der Waals surface area contributed by atoms with Crippen molar-refractivity contribution in [1.29, 1.82) is 0 Å². The number of carbonyl (C=O) groups is 2. The van der Waals surface area contributed by atoms with Crippen molar-refractivity contribution in [3.05, 3.63) is 121 Å². The molecule has 2 amide bonds. The molecule has 4 rings (SSSR count). The van der Waals surface area contributed by atoms with Crippen LogP contribution in [0.4, 0.5) is 0 Å². The Hall–Kier alpha value is -4.13. The average molecular weight is 641 g/mol. The molecule has 0 heterocycles. The minimum Gasteiger partial charge on any atom is -0.313 e. The number of rotatable bonds is 13. The van der Waals surface area contributed by atoms with Crippen LogP contribution >= 0.6 is 7.14 Å². The molecule has 0 saturated heterocycles. The van der Waals surface area contributed by atoms with E-state index in [0.29, 0.717) is 10.6 Å². The van der Waals surface area contributed by atoms with Crippen molar-refractivity contribution in [1.82, 2.24) is 20.5 Å². The van der Waals surface area contributed by atoms with E-state index in [1.165, 1.54) is 48.5 Å². The van der Waals surface area contributed by atoms with Gasteiger partial charge in [0.2, 0.25) is 11.8 Å². The summed E-state index contributed by atoms with van der Waals surface area (Å²) in [7, 11) is -12.1. The predicted octanol–water partition coefficient (Wildman–Crippen LogP) is 2.17. The third-order valence-electron chi connectivity index (χ3n) is 6.41. The first kappa shape index (κ1) is 31.8. The molecule has 1 atom stereocenters. The molecule has 0 unspecified atom stereocenters. The summed E-state index contributed by atoms with van der Waals surface area (Å²) < 4.78 is 65.6. The summed E-state index contributed by atoms with van der Waals surface area (Å²) in [6, 6.07) is 31.2. The van der Waals surface area contributed by atoms with E-state index >= 15 is 0 Å². The second-order valence-corrected chi connectivity index (χ2v) is 15.6. The van der Waals surface area contributed by atoms with Crippen LogP contribution in [0.2, 0.25) is 0 Å². The van der Waals surface area contributed by atoms with Crippen molar-refractivity contribution >= 4 is 49.6 Å². The van der Waals surface area contributed by atoms with Crippen molar-refractivity contribution in [2.24, 2.45) is 0 Å². The van der Waals surface area contributed by atoms with E-state index in [-0.39, 0.29) is 16.2 Å². The summed E-state index contributed by atoms with van der Waals surface area (Å²) in [5.41, 5.74) is 2.87. The van der Waals surface area contributed by atoms with Gasteiger partial charge in [0.05, 0.1) is 9.79 Å². The highest BCUT2D eigenvalue weighted by molar-refractivity contribution is 7.89. The van der Waals surface area contributed by atoms with Gasteiger partial charge in [-0.25, -0.2) is 16.8 Å². The van der Waals surface area contributed by atoms with E-state index < -0.39 is 51.1 Å². The third-order valence-corrected chi connectivity index (χ3v) is 12.4. The maximum atomic E-state index is 15.0. The zero-order valence-corrected chi connectivity index (χ0v) is 25.2. The molecular formula is C29H29N4O7PS2. The van der Waals surface area contributed by atoms with Crippen LogP contribution < -0.4 is 31.1 Å². The standard InChI is InChI=1S/C29H29N4O7PS2/c34-28(30-32-42(37,38)25-17-9-3-10-18-25)22-21-27(29(35)31-33-43(39,40)26-19-11-4-12-20-26)41(36,23-13-5-1-6-14-23)24-15-7-2-8-16-24/h1-20,27,32-33H,21-22H2,(H,30,34)(H,31,35)/t27-/m1/s1. The molecule has 0 saturated carbocycles. The first-order chi connectivity index (χ1) is 20.5. The molecule has 43 heavy (non-hydrogen) atoms. The zero-order valence-electron chi connectivity index (χ0n) is 22.7. The summed E-state index contributed by atoms with van der Waals surface area (Å²) in [6.07, 6.45) is -0.747. The first-order valence-corrected chi connectivity index (χ1v) is 17.7. The SMILES string of the molecule is O=C(CC[C@H](C(=O)NNS(=O)(=O)c1ccccc1)P(=O)(c1ccccc1)c1ccccc1)NNS(=O)(=O)c1ccccc1. The van der Waals surface area contributed by atoms with Gasteiger partial charge in [-0.2, -0.15) is 0 Å². The Morgan fingerprint density at radius 3 is 1.37 bits per heavy atom. The van der Waals surface area contributed by atoms with Crippen LogP contribution in [-0.4, -0.2) is 34.3 Å². The van der Waals surface area contributed by atoms with Gasteiger partial charge in [-0.3, -0.25) is 20.4 Å². The number of hydrogen-bond donors (Lipinski definition) is 4. The molecule has 0 radical (unpaired) electrons. The number of hydrazine groups is 2. The molecule has 0 aromatic heterocycles. The minimum absolute atomic E-state index is 0.0732. The number of benzene rings is 4. The quantitative estimate of drug-likeness (QED) is 0.128. The van der Waals surface area contributed by atoms with E-state index in [9.17, 15) is 31.0 Å². The van der Waals surface area contributed by atoms with Gasteiger partial charge in [0.15, 0.2) is 7.14 Å². The summed E-state index contributed by atoms with van der Waals surface area (Å²) in [6.45, 7) is 0. The largest absolute Gasteiger partial charge is 0.313 e. The lowest BCUT2D eigenvalue weighted by atomic mass is 10.2. The third kappa shape index (κ3) is 7.83. The Morgan fingerprint density at radius 1 is 0.581 bits per heavy atom. The van der Waals surface area contributed by atoms with E-state index in [2.05, 4.69) is 10.9 Å². The Balaban J connectivity index is 1.61. The molecule has 4 N–H and O–H groups in total. The Kier molecular flexibility index (Phi) is 10.3. The summed E-state index contributed by atoms with van der Waals surface area (Å²) >= 11 is 0. The van der Waals surface area contributed by atoms with E-state index in [1.54, 1.807) is 72.8 Å². The summed E-state index contributed by atoms with van der Waals surface area (Å²) in [5, 5.41) is 0.634. The van der Waals surface area contributed by atoms with E-state index in [1.807, 2.05) is 9.66 Å². The number of hydrogen-bond acceptors (Lipinski definition) is 7. The molecule has 0 fully saturated rings. The van der Waals surface area contributed by atoms with Gasteiger partial charge in [0.25, 0.3) is 20.0 Å². The van der Waals surface area contributed by atoms with Crippen molar-refractivity contribution < 1.29 is 31.0 Å². The molecule has 0 spiro atoms. The topological polar surface area (TPSA) is 168 Å². The smallest absolute Gasteiger partial charge is 0.257 e. The first-order valence-electron chi connectivity index (χ1n) is 13.0. The Morgan fingerprint density at radius 2 is 0.953 bits per heavy atom. The lowest BCUT2D eigenvalue weighted by Crippen LogP contribution is -2.48. The molecule has 0 bridgehead atoms. The summed E-state index contributed by atoms with van der Waals surface area (Å²) in [5.74, 6) is -1.73. The van der Waals surface area contributed by atoms with Crippen LogP contribution in [0.1, 0.15) is 12.8 Å². The van der Waals surface area contributed by atoms with Gasteiger partial charge in [-0.15, -0.1) is 9.66 Å². The molecule has 14 heteroatoms. The molecule has 4 aromatic carbocycles. The van der Waals surface area contributed by atoms with Crippen LogP contribution in [0.5, 0.6) is 0 Å². The van der Waals surface area contributed by atoms with E-state index in [0.717, 1.165) is 0 Å². The lowest BCUT2D eigenvalue weighted by molar-refractivity contribution is -0.122. The number of carbonyl (C=O) groups excluding carboxylic acids is 2. The maximum Gasteiger partial charge on any atom is 0.257 e.